The molecule has 0 spiro atoms. The average Bonchev–Trinajstić information content (AvgIpc) is 2.98. The van der Waals surface area contributed by atoms with Gasteiger partial charge in [-0.1, -0.05) is 15.9 Å². The molecule has 0 bridgehead atoms. The number of carbonyl (C=O) groups excluding carboxylic acids is 1. The van der Waals surface area contributed by atoms with Crippen LogP contribution in [0.25, 0.3) is 0 Å². The minimum atomic E-state index is -0.766. The van der Waals surface area contributed by atoms with Gasteiger partial charge in [0, 0.05) is 35.5 Å². The number of amides is 2. The van der Waals surface area contributed by atoms with Gasteiger partial charge in [-0.3, -0.25) is 4.79 Å². The minimum Gasteiger partial charge on any atom is -0.435 e. The largest absolute Gasteiger partial charge is 0.513 e. The van der Waals surface area contributed by atoms with Crippen LogP contribution < -0.4 is 0 Å². The zero-order chi connectivity index (χ0) is 18.8. The molecule has 0 saturated carbocycles. The van der Waals surface area contributed by atoms with Gasteiger partial charge in [0.1, 0.15) is 5.54 Å². The molecule has 5 nitrogen and oxygen atoms in total. The molecule has 2 amide bonds. The van der Waals surface area contributed by atoms with Gasteiger partial charge < -0.3 is 10.0 Å². The number of likely N-dealkylation sites (tertiary alicyclic amines) is 1. The molecule has 1 aliphatic heterocycles. The maximum absolute atomic E-state index is 12.8. The first-order valence-electron chi connectivity index (χ1n) is 8.76. The van der Waals surface area contributed by atoms with E-state index in [1.807, 2.05) is 56.9 Å². The molecule has 0 radical (unpaired) electrons. The molecular formula is C19H28BrN2O3+. The van der Waals surface area contributed by atoms with Crippen molar-refractivity contribution in [3.8, 4) is 0 Å². The average molecular weight is 412 g/mol. The lowest BCUT2D eigenvalue weighted by molar-refractivity contribution is -0.893. The topological polar surface area (TPSA) is 57.6 Å². The van der Waals surface area contributed by atoms with E-state index >= 15 is 0 Å². The van der Waals surface area contributed by atoms with Gasteiger partial charge in [0.2, 0.25) is 0 Å². The fourth-order valence-corrected chi connectivity index (χ4v) is 3.95. The highest BCUT2D eigenvalue weighted by molar-refractivity contribution is 9.10. The van der Waals surface area contributed by atoms with E-state index in [-0.39, 0.29) is 21.8 Å². The second kappa shape index (κ2) is 7.46. The van der Waals surface area contributed by atoms with Crippen LogP contribution in [-0.2, 0) is 0 Å². The number of rotatable bonds is 4. The summed E-state index contributed by atoms with van der Waals surface area (Å²) < 4.78 is 1.01. The maximum atomic E-state index is 12.8. The molecule has 1 N–H and O–H groups in total. The monoisotopic (exact) mass is 411 g/mol. The van der Waals surface area contributed by atoms with Crippen molar-refractivity contribution in [1.29, 1.82) is 0 Å². The summed E-state index contributed by atoms with van der Waals surface area (Å²) in [7, 11) is 0. The molecule has 1 aliphatic rings. The molecule has 1 heterocycles. The second-order valence-corrected chi connectivity index (χ2v) is 8.75. The third kappa shape index (κ3) is 4.06. The summed E-state index contributed by atoms with van der Waals surface area (Å²) in [6.07, 6.45) is 0.0607. The molecule has 1 aromatic rings. The number of quaternary nitrogens is 1. The van der Waals surface area contributed by atoms with Crippen molar-refractivity contribution in [2.45, 2.75) is 39.7 Å². The number of benzene rings is 1. The third-order valence-corrected chi connectivity index (χ3v) is 5.91. The van der Waals surface area contributed by atoms with Crippen LogP contribution in [0.5, 0.6) is 0 Å². The molecule has 0 aromatic heterocycles. The predicted molar refractivity (Wildman–Crippen MR) is 102 cm³/mol. The Morgan fingerprint density at radius 1 is 1.28 bits per heavy atom. The van der Waals surface area contributed by atoms with Crippen LogP contribution in [0.1, 0.15) is 44.5 Å². The Morgan fingerprint density at radius 2 is 1.88 bits per heavy atom. The van der Waals surface area contributed by atoms with Crippen molar-refractivity contribution in [1.82, 2.24) is 4.90 Å². The van der Waals surface area contributed by atoms with Gasteiger partial charge >= 0.3 is 6.09 Å². The lowest BCUT2D eigenvalue weighted by atomic mass is 10.0. The van der Waals surface area contributed by atoms with Crippen molar-refractivity contribution in [2.75, 3.05) is 26.2 Å². The molecular weight excluding hydrogens is 384 g/mol. The molecule has 2 rings (SSSR count). The van der Waals surface area contributed by atoms with E-state index in [4.69, 9.17) is 0 Å². The fraction of sp³-hybridized carbons (Fsp3) is 0.579. The van der Waals surface area contributed by atoms with Gasteiger partial charge in [-0.15, -0.1) is 0 Å². The van der Waals surface area contributed by atoms with Crippen molar-refractivity contribution in [2.24, 2.45) is 5.92 Å². The van der Waals surface area contributed by atoms with Crippen LogP contribution >= 0.6 is 15.9 Å². The van der Waals surface area contributed by atoms with Crippen LogP contribution in [-0.4, -0.2) is 58.2 Å². The highest BCUT2D eigenvalue weighted by atomic mass is 79.9. The van der Waals surface area contributed by atoms with E-state index in [9.17, 15) is 14.7 Å². The number of hydrogen-bond donors (Lipinski definition) is 1. The van der Waals surface area contributed by atoms with Gasteiger partial charge in [-0.05, 0) is 52.0 Å². The third-order valence-electron chi connectivity index (χ3n) is 5.38. The standard InChI is InChI=1S/C19H27BrN2O3/c1-5-21(17(23)15-6-8-16(20)9-7-15)12-14-10-11-22(13-14,18(24)25)19(2,3)4/h6-9,14H,5,10-13H2,1-4H3/p+1/t14-,22?/m0/s1. The lowest BCUT2D eigenvalue weighted by Crippen LogP contribution is -2.62. The molecule has 1 unspecified atom stereocenters. The Hall–Kier alpha value is -1.40. The van der Waals surface area contributed by atoms with Crippen LogP contribution in [0, 0.1) is 5.92 Å². The summed E-state index contributed by atoms with van der Waals surface area (Å²) in [6.45, 7) is 10.3. The fourth-order valence-electron chi connectivity index (χ4n) is 3.69. The molecule has 1 fully saturated rings. The number of carbonyl (C=O) groups is 2. The molecule has 6 heteroatoms. The molecule has 0 aliphatic carbocycles. The van der Waals surface area contributed by atoms with Gasteiger partial charge in [-0.25, -0.2) is 4.48 Å². The van der Waals surface area contributed by atoms with Crippen LogP contribution in [0.4, 0.5) is 4.79 Å². The number of halogens is 1. The predicted octanol–water partition coefficient (Wildman–Crippen LogP) is 4.22. The summed E-state index contributed by atoms with van der Waals surface area (Å²) in [5.74, 6) is 0.209. The highest BCUT2D eigenvalue weighted by Crippen LogP contribution is 2.35. The van der Waals surface area contributed by atoms with Crippen molar-refractivity contribution in [3.63, 3.8) is 0 Å². The Kier molecular flexibility index (Phi) is 5.94. The van der Waals surface area contributed by atoms with Crippen LogP contribution in [0.15, 0.2) is 28.7 Å². The Balaban J connectivity index is 2.11. The SMILES string of the molecule is CCN(C[C@@H]1CC[N+](C(=O)O)(C(C)(C)C)C1)C(=O)c1ccc(Br)cc1. The number of hydrogen-bond acceptors (Lipinski definition) is 2. The Morgan fingerprint density at radius 3 is 2.32 bits per heavy atom. The van der Waals surface area contributed by atoms with Crippen molar-refractivity contribution in [3.05, 3.63) is 34.3 Å². The first-order valence-corrected chi connectivity index (χ1v) is 9.55. The van der Waals surface area contributed by atoms with E-state index in [1.165, 1.54) is 0 Å². The van der Waals surface area contributed by atoms with Gasteiger partial charge in [0.25, 0.3) is 5.91 Å². The molecule has 1 aromatic carbocycles. The molecule has 1 saturated heterocycles. The van der Waals surface area contributed by atoms with Crippen LogP contribution in [0.2, 0.25) is 0 Å². The summed E-state index contributed by atoms with van der Waals surface area (Å²) in [5.41, 5.74) is 0.311. The minimum absolute atomic E-state index is 0.00563. The molecule has 25 heavy (non-hydrogen) atoms. The lowest BCUT2D eigenvalue weighted by Gasteiger charge is -2.40. The van der Waals surface area contributed by atoms with Gasteiger partial charge in [0.15, 0.2) is 0 Å². The normalized spacial score (nSPS) is 23.5. The zero-order valence-corrected chi connectivity index (χ0v) is 17.0. The second-order valence-electron chi connectivity index (χ2n) is 7.83. The summed E-state index contributed by atoms with van der Waals surface area (Å²) in [6, 6.07) is 7.36. The summed E-state index contributed by atoms with van der Waals surface area (Å²) >= 11 is 3.38. The maximum Gasteiger partial charge on any atom is 0.513 e. The van der Waals surface area contributed by atoms with E-state index in [1.54, 1.807) is 0 Å². The summed E-state index contributed by atoms with van der Waals surface area (Å²) in [5, 5.41) is 9.81. The van der Waals surface area contributed by atoms with E-state index in [0.29, 0.717) is 31.7 Å². The Labute approximate surface area is 158 Å². The number of carboxylic acid groups (broad SMARTS) is 1. The number of nitrogens with zero attached hydrogens (tertiary/aromatic N) is 2. The smallest absolute Gasteiger partial charge is 0.435 e. The molecule has 2 atom stereocenters. The quantitative estimate of drug-likeness (QED) is 0.754. The first kappa shape index (κ1) is 19.9. The first-order chi connectivity index (χ1) is 11.6. The van der Waals surface area contributed by atoms with Gasteiger partial charge in [0.05, 0.1) is 13.1 Å². The van der Waals surface area contributed by atoms with Crippen molar-refractivity contribution < 1.29 is 19.2 Å². The molecule has 138 valence electrons. The van der Waals surface area contributed by atoms with E-state index in [0.717, 1.165) is 10.9 Å². The van der Waals surface area contributed by atoms with Gasteiger partial charge in [-0.2, -0.15) is 4.79 Å². The van der Waals surface area contributed by atoms with E-state index < -0.39 is 6.09 Å². The summed E-state index contributed by atoms with van der Waals surface area (Å²) in [4.78, 5) is 26.5. The highest BCUT2D eigenvalue weighted by Gasteiger charge is 2.53. The van der Waals surface area contributed by atoms with E-state index in [2.05, 4.69) is 15.9 Å². The zero-order valence-electron chi connectivity index (χ0n) is 15.5. The van der Waals surface area contributed by atoms with Crippen molar-refractivity contribution >= 4 is 27.9 Å². The Bertz CT molecular complexity index is 639. The van der Waals surface area contributed by atoms with Crippen LogP contribution in [0.3, 0.4) is 0 Å².